The first kappa shape index (κ1) is 14.5. The zero-order valence-electron chi connectivity index (χ0n) is 13.4. The van der Waals surface area contributed by atoms with Gasteiger partial charge in [0, 0.05) is 36.9 Å². The van der Waals surface area contributed by atoms with Crippen LogP contribution >= 0.6 is 11.6 Å². The van der Waals surface area contributed by atoms with Crippen molar-refractivity contribution in [2.45, 2.75) is 32.9 Å². The van der Waals surface area contributed by atoms with Gasteiger partial charge in [-0.3, -0.25) is 4.68 Å². The van der Waals surface area contributed by atoms with Gasteiger partial charge in [0.25, 0.3) is 0 Å². The zero-order valence-corrected chi connectivity index (χ0v) is 14.2. The minimum atomic E-state index is 0.387. The molecule has 23 heavy (non-hydrogen) atoms. The summed E-state index contributed by atoms with van der Waals surface area (Å²) in [4.78, 5) is 11.3. The molecule has 0 saturated heterocycles. The Morgan fingerprint density at radius 2 is 1.91 bits per heavy atom. The van der Waals surface area contributed by atoms with E-state index >= 15 is 0 Å². The molecule has 0 fully saturated rings. The highest BCUT2D eigenvalue weighted by Crippen LogP contribution is 2.35. The molecule has 0 saturated carbocycles. The Hall–Kier alpha value is -2.14. The third-order valence-electron chi connectivity index (χ3n) is 4.52. The molecule has 3 aromatic heterocycles. The summed E-state index contributed by atoms with van der Waals surface area (Å²) < 4.78 is 1.94. The second kappa shape index (κ2) is 5.20. The fourth-order valence-corrected chi connectivity index (χ4v) is 3.42. The minimum absolute atomic E-state index is 0.387. The van der Waals surface area contributed by atoms with Gasteiger partial charge in [0.05, 0.1) is 18.4 Å². The molecule has 3 aromatic rings. The van der Waals surface area contributed by atoms with E-state index in [-0.39, 0.29) is 0 Å². The molecule has 6 heteroatoms. The molecule has 1 aliphatic rings. The fraction of sp³-hybridized carbons (Fsp3) is 0.353. The van der Waals surface area contributed by atoms with Gasteiger partial charge in [-0.1, -0.05) is 25.4 Å². The lowest BCUT2D eigenvalue weighted by Crippen LogP contribution is -2.18. The van der Waals surface area contributed by atoms with Crippen LogP contribution in [-0.4, -0.2) is 19.7 Å². The highest BCUT2D eigenvalue weighted by atomic mass is 35.5. The molecule has 118 valence electrons. The minimum Gasteiger partial charge on any atom is -0.346 e. The molecular formula is C17H18ClN5. The summed E-state index contributed by atoms with van der Waals surface area (Å²) in [5, 5.41) is 7.03. The molecule has 4 heterocycles. The van der Waals surface area contributed by atoms with Crippen molar-refractivity contribution < 1.29 is 0 Å². The van der Waals surface area contributed by atoms with Crippen LogP contribution in [0.1, 0.15) is 36.6 Å². The fourth-order valence-electron chi connectivity index (χ4n) is 3.27. The topological polar surface area (TPSA) is 46.8 Å². The molecule has 5 nitrogen and oxygen atoms in total. The van der Waals surface area contributed by atoms with E-state index in [1.54, 1.807) is 0 Å². The average Bonchev–Trinajstić information content (AvgIpc) is 3.08. The van der Waals surface area contributed by atoms with E-state index in [9.17, 15) is 0 Å². The van der Waals surface area contributed by atoms with Crippen molar-refractivity contribution >= 4 is 28.2 Å². The molecule has 4 rings (SSSR count). The molecular weight excluding hydrogens is 310 g/mol. The Morgan fingerprint density at radius 1 is 1.09 bits per heavy atom. The number of fused-ring (bicyclic) bond motifs is 2. The lowest BCUT2D eigenvalue weighted by atomic mass is 9.99. The molecule has 0 atom stereocenters. The molecule has 0 N–H and O–H groups in total. The molecule has 0 amide bonds. The van der Waals surface area contributed by atoms with Crippen molar-refractivity contribution in [2.75, 3.05) is 4.90 Å². The summed E-state index contributed by atoms with van der Waals surface area (Å²) in [6, 6.07) is 1.95. The van der Waals surface area contributed by atoms with Gasteiger partial charge in [-0.05, 0) is 22.9 Å². The predicted octanol–water partition coefficient (Wildman–Crippen LogP) is 3.66. The molecule has 0 spiro atoms. The van der Waals surface area contributed by atoms with E-state index in [2.05, 4.69) is 28.8 Å². The highest BCUT2D eigenvalue weighted by molar-refractivity contribution is 6.30. The summed E-state index contributed by atoms with van der Waals surface area (Å²) in [6.45, 7) is 5.98. The van der Waals surface area contributed by atoms with Crippen LogP contribution in [0.4, 0.5) is 5.82 Å². The summed E-state index contributed by atoms with van der Waals surface area (Å²) in [7, 11) is 1.98. The van der Waals surface area contributed by atoms with Crippen LogP contribution < -0.4 is 4.90 Å². The number of pyridine rings is 2. The van der Waals surface area contributed by atoms with Crippen molar-refractivity contribution in [1.29, 1.82) is 0 Å². The number of halogens is 1. The number of aryl methyl sites for hydroxylation is 1. The van der Waals surface area contributed by atoms with Crippen molar-refractivity contribution in [3.8, 4) is 0 Å². The highest BCUT2D eigenvalue weighted by Gasteiger charge is 2.25. The van der Waals surface area contributed by atoms with E-state index in [0.717, 1.165) is 29.7 Å². The standard InChI is InChI=1S/C17H18ClN5/c1-10(2)13-6-20-17(14-7-19-16(18)4-12(13)14)23-8-11-5-21-22(3)15(11)9-23/h4-7,10H,8-9H2,1-3H3. The number of anilines is 1. The summed E-state index contributed by atoms with van der Waals surface area (Å²) in [5.74, 6) is 1.35. The molecule has 1 aliphatic heterocycles. The Morgan fingerprint density at radius 3 is 2.65 bits per heavy atom. The van der Waals surface area contributed by atoms with Gasteiger partial charge in [0.1, 0.15) is 11.0 Å². The van der Waals surface area contributed by atoms with E-state index in [1.807, 2.05) is 36.4 Å². The number of hydrogen-bond donors (Lipinski definition) is 0. The van der Waals surface area contributed by atoms with Gasteiger partial charge in [-0.2, -0.15) is 5.10 Å². The van der Waals surface area contributed by atoms with Crippen molar-refractivity contribution in [2.24, 2.45) is 7.05 Å². The summed E-state index contributed by atoms with van der Waals surface area (Å²) >= 11 is 6.13. The van der Waals surface area contributed by atoms with Crippen LogP contribution in [0.25, 0.3) is 10.8 Å². The van der Waals surface area contributed by atoms with Gasteiger partial charge in [-0.15, -0.1) is 0 Å². The van der Waals surface area contributed by atoms with Gasteiger partial charge in [0.2, 0.25) is 0 Å². The van der Waals surface area contributed by atoms with Crippen LogP contribution in [0.5, 0.6) is 0 Å². The zero-order chi connectivity index (χ0) is 16.1. The van der Waals surface area contributed by atoms with Crippen molar-refractivity contribution in [1.82, 2.24) is 19.7 Å². The largest absolute Gasteiger partial charge is 0.346 e. The van der Waals surface area contributed by atoms with E-state index in [1.165, 1.54) is 16.8 Å². The van der Waals surface area contributed by atoms with Gasteiger partial charge in [0.15, 0.2) is 0 Å². The SMILES string of the molecule is CC(C)c1cnc(N2Cc3cnn(C)c3C2)c2cnc(Cl)cc12. The average molecular weight is 328 g/mol. The van der Waals surface area contributed by atoms with Crippen molar-refractivity contribution in [3.05, 3.63) is 46.6 Å². The summed E-state index contributed by atoms with van der Waals surface area (Å²) in [5.41, 5.74) is 3.71. The Balaban J connectivity index is 1.84. The number of hydrogen-bond acceptors (Lipinski definition) is 4. The second-order valence-electron chi connectivity index (χ2n) is 6.34. The predicted molar refractivity (Wildman–Crippen MR) is 91.7 cm³/mol. The maximum Gasteiger partial charge on any atom is 0.138 e. The molecule has 0 aromatic carbocycles. The first-order valence-corrected chi connectivity index (χ1v) is 8.11. The van der Waals surface area contributed by atoms with Crippen LogP contribution in [0, 0.1) is 0 Å². The number of rotatable bonds is 2. The van der Waals surface area contributed by atoms with Gasteiger partial charge >= 0.3 is 0 Å². The summed E-state index contributed by atoms with van der Waals surface area (Å²) in [6.07, 6.45) is 5.75. The normalized spacial score (nSPS) is 14.0. The first-order chi connectivity index (χ1) is 11.0. The van der Waals surface area contributed by atoms with Crippen LogP contribution in [0.3, 0.4) is 0 Å². The first-order valence-electron chi connectivity index (χ1n) is 7.73. The van der Waals surface area contributed by atoms with E-state index in [0.29, 0.717) is 11.1 Å². The second-order valence-corrected chi connectivity index (χ2v) is 6.73. The third-order valence-corrected chi connectivity index (χ3v) is 4.73. The Kier molecular flexibility index (Phi) is 3.27. The third kappa shape index (κ3) is 2.27. The van der Waals surface area contributed by atoms with Crippen molar-refractivity contribution in [3.63, 3.8) is 0 Å². The van der Waals surface area contributed by atoms with Crippen LogP contribution in [0.15, 0.2) is 24.7 Å². The Labute approximate surface area is 139 Å². The van der Waals surface area contributed by atoms with E-state index in [4.69, 9.17) is 16.6 Å². The Bertz CT molecular complexity index is 899. The maximum atomic E-state index is 6.13. The van der Waals surface area contributed by atoms with Gasteiger partial charge < -0.3 is 4.90 Å². The van der Waals surface area contributed by atoms with E-state index < -0.39 is 0 Å². The van der Waals surface area contributed by atoms with Crippen LogP contribution in [-0.2, 0) is 20.1 Å². The number of nitrogens with zero attached hydrogens (tertiary/aromatic N) is 5. The molecule has 0 unspecified atom stereocenters. The molecule has 0 aliphatic carbocycles. The molecule has 0 bridgehead atoms. The quantitative estimate of drug-likeness (QED) is 0.674. The van der Waals surface area contributed by atoms with Gasteiger partial charge in [-0.25, -0.2) is 9.97 Å². The molecule has 0 radical (unpaired) electrons. The smallest absolute Gasteiger partial charge is 0.138 e. The number of aromatic nitrogens is 4. The lowest BCUT2D eigenvalue weighted by Gasteiger charge is -2.21. The maximum absolute atomic E-state index is 6.13. The lowest BCUT2D eigenvalue weighted by molar-refractivity contribution is 0.701. The monoisotopic (exact) mass is 327 g/mol. The van der Waals surface area contributed by atoms with Crippen LogP contribution in [0.2, 0.25) is 5.15 Å².